The average Bonchev–Trinajstić information content (AvgIpc) is 2.43. The number of benzene rings is 1. The number of hydrogen-bond acceptors (Lipinski definition) is 3. The highest BCUT2D eigenvalue weighted by molar-refractivity contribution is 6.35. The monoisotopic (exact) mass is 329 g/mol. The lowest BCUT2D eigenvalue weighted by atomic mass is 9.99. The van der Waals surface area contributed by atoms with Crippen LogP contribution in [0.25, 0.3) is 0 Å². The van der Waals surface area contributed by atoms with Gasteiger partial charge in [0.05, 0.1) is 17.3 Å². The van der Waals surface area contributed by atoms with Crippen molar-refractivity contribution in [3.05, 3.63) is 28.2 Å². The summed E-state index contributed by atoms with van der Waals surface area (Å²) >= 11 is 11.9. The molecule has 0 aromatic heterocycles. The zero-order chi connectivity index (χ0) is 15.2. The Morgan fingerprint density at radius 3 is 3.00 bits per heavy atom. The van der Waals surface area contributed by atoms with Crippen LogP contribution in [0.5, 0.6) is 0 Å². The van der Waals surface area contributed by atoms with Crippen LogP contribution < -0.4 is 10.6 Å². The molecule has 1 aliphatic heterocycles. The maximum absolute atomic E-state index is 12.1. The second-order valence-corrected chi connectivity index (χ2v) is 6.43. The van der Waals surface area contributed by atoms with Crippen molar-refractivity contribution in [2.45, 2.75) is 12.8 Å². The summed E-state index contributed by atoms with van der Waals surface area (Å²) in [7, 11) is 1.97. The Morgan fingerprint density at radius 2 is 2.29 bits per heavy atom. The summed E-state index contributed by atoms with van der Waals surface area (Å²) in [5, 5.41) is 7.24. The second-order valence-electron chi connectivity index (χ2n) is 5.58. The molecule has 2 N–H and O–H groups in total. The third-order valence-corrected chi connectivity index (χ3v) is 4.15. The van der Waals surface area contributed by atoms with Gasteiger partial charge in [-0.05, 0) is 57.1 Å². The normalized spacial score (nSPS) is 18.8. The van der Waals surface area contributed by atoms with E-state index in [0.717, 1.165) is 19.6 Å². The summed E-state index contributed by atoms with van der Waals surface area (Å²) in [6.45, 7) is 3.41. The first kappa shape index (κ1) is 16.6. The van der Waals surface area contributed by atoms with Gasteiger partial charge in [0.2, 0.25) is 5.91 Å². The van der Waals surface area contributed by atoms with Crippen LogP contribution in [-0.2, 0) is 4.79 Å². The SMILES string of the molecule is CN(CC(=O)Nc1cc(Cl)ccc1Cl)CC1CCCNC1. The topological polar surface area (TPSA) is 44.4 Å². The summed E-state index contributed by atoms with van der Waals surface area (Å²) < 4.78 is 0. The zero-order valence-electron chi connectivity index (χ0n) is 12.2. The van der Waals surface area contributed by atoms with Gasteiger partial charge >= 0.3 is 0 Å². The van der Waals surface area contributed by atoms with Crippen LogP contribution in [0.4, 0.5) is 5.69 Å². The molecule has 0 saturated carbocycles. The standard InChI is InChI=1S/C15H21Cl2N3O/c1-20(9-11-3-2-6-18-8-11)10-15(21)19-14-7-12(16)4-5-13(14)17/h4-5,7,11,18H,2-3,6,8-10H2,1H3,(H,19,21). The van der Waals surface area contributed by atoms with Gasteiger partial charge in [0.15, 0.2) is 0 Å². The van der Waals surface area contributed by atoms with Crippen LogP contribution in [-0.4, -0.2) is 44.0 Å². The van der Waals surface area contributed by atoms with Crippen molar-refractivity contribution in [2.75, 3.05) is 38.5 Å². The Labute approximate surface area is 135 Å². The van der Waals surface area contributed by atoms with Crippen molar-refractivity contribution in [2.24, 2.45) is 5.92 Å². The molecule has 1 atom stereocenters. The van der Waals surface area contributed by atoms with Crippen LogP contribution in [0.2, 0.25) is 10.0 Å². The summed E-state index contributed by atoms with van der Waals surface area (Å²) in [4.78, 5) is 14.1. The fraction of sp³-hybridized carbons (Fsp3) is 0.533. The van der Waals surface area contributed by atoms with Crippen molar-refractivity contribution in [1.29, 1.82) is 0 Å². The number of amides is 1. The quantitative estimate of drug-likeness (QED) is 0.873. The number of carbonyl (C=O) groups excluding carboxylic acids is 1. The first-order valence-electron chi connectivity index (χ1n) is 7.19. The predicted molar refractivity (Wildman–Crippen MR) is 88.2 cm³/mol. The highest BCUT2D eigenvalue weighted by atomic mass is 35.5. The molecular formula is C15H21Cl2N3O. The Hall–Kier alpha value is -0.810. The van der Waals surface area contributed by atoms with E-state index in [1.807, 2.05) is 11.9 Å². The number of carbonyl (C=O) groups is 1. The van der Waals surface area contributed by atoms with Gasteiger partial charge < -0.3 is 10.6 Å². The van der Waals surface area contributed by atoms with E-state index >= 15 is 0 Å². The highest BCUT2D eigenvalue weighted by Gasteiger charge is 2.16. The molecule has 0 radical (unpaired) electrons. The van der Waals surface area contributed by atoms with E-state index in [0.29, 0.717) is 28.2 Å². The van der Waals surface area contributed by atoms with Crippen molar-refractivity contribution < 1.29 is 4.79 Å². The highest BCUT2D eigenvalue weighted by Crippen LogP contribution is 2.25. The van der Waals surface area contributed by atoms with Crippen LogP contribution >= 0.6 is 23.2 Å². The van der Waals surface area contributed by atoms with E-state index in [1.165, 1.54) is 12.8 Å². The van der Waals surface area contributed by atoms with Crippen LogP contribution in [0.3, 0.4) is 0 Å². The lowest BCUT2D eigenvalue weighted by molar-refractivity contribution is -0.117. The molecule has 0 bridgehead atoms. The first-order valence-corrected chi connectivity index (χ1v) is 7.94. The molecule has 4 nitrogen and oxygen atoms in total. The number of hydrogen-bond donors (Lipinski definition) is 2. The van der Waals surface area contributed by atoms with Crippen molar-refractivity contribution in [3.63, 3.8) is 0 Å². The van der Waals surface area contributed by atoms with Gasteiger partial charge in [0.25, 0.3) is 0 Å². The fourth-order valence-corrected chi connectivity index (χ4v) is 2.95. The Kier molecular flexibility index (Phi) is 6.30. The molecule has 1 amide bonds. The summed E-state index contributed by atoms with van der Waals surface area (Å²) in [5.74, 6) is 0.539. The van der Waals surface area contributed by atoms with Gasteiger partial charge in [-0.15, -0.1) is 0 Å². The van der Waals surface area contributed by atoms with Gasteiger partial charge in [0.1, 0.15) is 0 Å². The molecule has 21 heavy (non-hydrogen) atoms. The van der Waals surface area contributed by atoms with Crippen molar-refractivity contribution >= 4 is 34.8 Å². The van der Waals surface area contributed by atoms with Crippen LogP contribution in [0.1, 0.15) is 12.8 Å². The fourth-order valence-electron chi connectivity index (χ4n) is 2.61. The molecule has 1 aromatic carbocycles. The van der Waals surface area contributed by atoms with Gasteiger partial charge in [-0.25, -0.2) is 0 Å². The van der Waals surface area contributed by atoms with Crippen LogP contribution in [0.15, 0.2) is 18.2 Å². The minimum atomic E-state index is -0.0783. The minimum Gasteiger partial charge on any atom is -0.324 e. The van der Waals surface area contributed by atoms with E-state index < -0.39 is 0 Å². The summed E-state index contributed by atoms with van der Waals surface area (Å²) in [6, 6.07) is 5.03. The van der Waals surface area contributed by atoms with Gasteiger partial charge in [-0.3, -0.25) is 9.69 Å². The molecular weight excluding hydrogens is 309 g/mol. The minimum absolute atomic E-state index is 0.0783. The Balaban J connectivity index is 1.81. The first-order chi connectivity index (χ1) is 10.0. The zero-order valence-corrected chi connectivity index (χ0v) is 13.7. The molecule has 0 spiro atoms. The smallest absolute Gasteiger partial charge is 0.238 e. The second kappa shape index (κ2) is 7.99. The van der Waals surface area contributed by atoms with E-state index in [9.17, 15) is 4.79 Å². The molecule has 1 saturated heterocycles. The van der Waals surface area contributed by atoms with E-state index in [4.69, 9.17) is 23.2 Å². The molecule has 116 valence electrons. The third-order valence-electron chi connectivity index (χ3n) is 3.58. The molecule has 1 aromatic rings. The largest absolute Gasteiger partial charge is 0.324 e. The molecule has 6 heteroatoms. The van der Waals surface area contributed by atoms with Gasteiger partial charge in [0, 0.05) is 11.6 Å². The maximum Gasteiger partial charge on any atom is 0.238 e. The number of halogens is 2. The molecule has 1 aliphatic rings. The Morgan fingerprint density at radius 1 is 1.48 bits per heavy atom. The number of anilines is 1. The molecule has 0 aliphatic carbocycles. The maximum atomic E-state index is 12.1. The van der Waals surface area contributed by atoms with E-state index in [2.05, 4.69) is 10.6 Å². The molecule has 1 fully saturated rings. The number of rotatable bonds is 5. The lowest BCUT2D eigenvalue weighted by Gasteiger charge is -2.27. The predicted octanol–water partition coefficient (Wildman–Crippen LogP) is 2.86. The van der Waals surface area contributed by atoms with Crippen molar-refractivity contribution in [3.8, 4) is 0 Å². The number of nitrogens with one attached hydrogen (secondary N) is 2. The molecule has 1 unspecified atom stereocenters. The Bertz CT molecular complexity index is 490. The average molecular weight is 330 g/mol. The lowest BCUT2D eigenvalue weighted by Crippen LogP contribution is -2.39. The summed E-state index contributed by atoms with van der Waals surface area (Å²) in [6.07, 6.45) is 2.43. The molecule has 1 heterocycles. The van der Waals surface area contributed by atoms with E-state index in [1.54, 1.807) is 18.2 Å². The van der Waals surface area contributed by atoms with E-state index in [-0.39, 0.29) is 5.91 Å². The van der Waals surface area contributed by atoms with Crippen molar-refractivity contribution in [1.82, 2.24) is 10.2 Å². The number of likely N-dealkylation sites (N-methyl/N-ethyl adjacent to an activating group) is 1. The van der Waals surface area contributed by atoms with Gasteiger partial charge in [-0.1, -0.05) is 23.2 Å². The summed E-state index contributed by atoms with van der Waals surface area (Å²) in [5.41, 5.74) is 0.557. The van der Waals surface area contributed by atoms with Crippen LogP contribution in [0, 0.1) is 5.92 Å². The third kappa shape index (κ3) is 5.47. The number of piperidine rings is 1. The van der Waals surface area contributed by atoms with Gasteiger partial charge in [-0.2, -0.15) is 0 Å². The molecule has 2 rings (SSSR count). The number of nitrogens with zero attached hydrogens (tertiary/aromatic N) is 1.